The number of ketones is 1. The average Bonchev–Trinajstić information content (AvgIpc) is 3.37. The number of imidazole rings is 1. The Kier molecular flexibility index (Phi) is 9.14. The molecule has 0 aliphatic heterocycles. The molecule has 0 saturated carbocycles. The van der Waals surface area contributed by atoms with E-state index in [4.69, 9.17) is 0 Å². The number of nitrogens with one attached hydrogen (secondary N) is 1. The molecule has 5 nitrogen and oxygen atoms in total. The Labute approximate surface area is 191 Å². The van der Waals surface area contributed by atoms with Crippen LogP contribution < -0.4 is 0 Å². The monoisotopic (exact) mass is 430 g/mol. The molecule has 0 amide bonds. The minimum Gasteiger partial charge on any atom is -0.343 e. The summed E-state index contributed by atoms with van der Waals surface area (Å²) in [6.07, 6.45) is 10.3. The maximum atomic E-state index is 13.3. The van der Waals surface area contributed by atoms with Gasteiger partial charge in [0.15, 0.2) is 5.82 Å². The Morgan fingerprint density at radius 3 is 2.62 bits per heavy atom. The third kappa shape index (κ3) is 5.82. The van der Waals surface area contributed by atoms with E-state index in [2.05, 4.69) is 39.1 Å². The van der Waals surface area contributed by atoms with E-state index >= 15 is 0 Å². The minimum absolute atomic E-state index is 0.100. The van der Waals surface area contributed by atoms with Crippen LogP contribution in [-0.2, 0) is 13.0 Å². The van der Waals surface area contributed by atoms with Crippen molar-refractivity contribution in [1.29, 1.82) is 0 Å². The SMILES string of the molecule is C=C/C(C)=C\C=C(/C)Cn1cc(C(=O)c2nc(CC=NC)c(C)[nH]2)c2ccccc21.CC. The van der Waals surface area contributed by atoms with Gasteiger partial charge in [0.25, 0.3) is 0 Å². The summed E-state index contributed by atoms with van der Waals surface area (Å²) in [7, 11) is 1.73. The molecule has 2 heterocycles. The summed E-state index contributed by atoms with van der Waals surface area (Å²) in [4.78, 5) is 25.0. The first-order valence-electron chi connectivity index (χ1n) is 11.0. The molecule has 0 fully saturated rings. The maximum Gasteiger partial charge on any atom is 0.230 e. The second kappa shape index (κ2) is 11.8. The summed E-state index contributed by atoms with van der Waals surface area (Å²) in [5, 5.41) is 0.929. The van der Waals surface area contributed by atoms with Crippen LogP contribution in [0.1, 0.15) is 55.3 Å². The fourth-order valence-electron chi connectivity index (χ4n) is 3.33. The number of aromatic nitrogens is 3. The number of allylic oxidation sites excluding steroid dienone is 5. The van der Waals surface area contributed by atoms with Gasteiger partial charge in [-0.15, -0.1) is 0 Å². The molecular weight excluding hydrogens is 396 g/mol. The fourth-order valence-corrected chi connectivity index (χ4v) is 3.33. The van der Waals surface area contributed by atoms with Gasteiger partial charge >= 0.3 is 0 Å². The number of benzene rings is 1. The Morgan fingerprint density at radius 1 is 1.22 bits per heavy atom. The molecule has 0 unspecified atom stereocenters. The zero-order valence-corrected chi connectivity index (χ0v) is 20.1. The molecule has 0 bridgehead atoms. The Bertz CT molecular complexity index is 1170. The third-order valence-electron chi connectivity index (χ3n) is 5.07. The molecule has 0 aliphatic rings. The molecule has 1 N–H and O–H groups in total. The van der Waals surface area contributed by atoms with Crippen LogP contribution in [0, 0.1) is 6.92 Å². The molecule has 3 rings (SSSR count). The predicted molar refractivity (Wildman–Crippen MR) is 136 cm³/mol. The lowest BCUT2D eigenvalue weighted by Gasteiger charge is -2.05. The van der Waals surface area contributed by atoms with Gasteiger partial charge in [0, 0.05) is 49.0 Å². The van der Waals surface area contributed by atoms with Gasteiger partial charge in [-0.2, -0.15) is 0 Å². The lowest BCUT2D eigenvalue weighted by molar-refractivity contribution is 0.103. The van der Waals surface area contributed by atoms with E-state index in [-0.39, 0.29) is 5.78 Å². The second-order valence-corrected chi connectivity index (χ2v) is 7.45. The molecule has 5 heteroatoms. The van der Waals surface area contributed by atoms with Gasteiger partial charge in [-0.25, -0.2) is 4.98 Å². The van der Waals surface area contributed by atoms with Crippen molar-refractivity contribution in [2.45, 2.75) is 47.6 Å². The van der Waals surface area contributed by atoms with E-state index in [1.807, 2.05) is 70.3 Å². The molecule has 1 aromatic carbocycles. The van der Waals surface area contributed by atoms with Crippen molar-refractivity contribution in [3.8, 4) is 0 Å². The lowest BCUT2D eigenvalue weighted by Crippen LogP contribution is -2.04. The molecule has 32 heavy (non-hydrogen) atoms. The van der Waals surface area contributed by atoms with Gasteiger partial charge in [-0.05, 0) is 26.8 Å². The van der Waals surface area contributed by atoms with Crippen molar-refractivity contribution in [2.24, 2.45) is 4.99 Å². The maximum absolute atomic E-state index is 13.3. The fraction of sp³-hybridized carbons (Fsp3) is 0.296. The number of aromatic amines is 1. The number of hydrogen-bond acceptors (Lipinski definition) is 3. The summed E-state index contributed by atoms with van der Waals surface area (Å²) >= 11 is 0. The summed E-state index contributed by atoms with van der Waals surface area (Å²) in [6.45, 7) is 14.5. The van der Waals surface area contributed by atoms with Crippen molar-refractivity contribution in [3.05, 3.63) is 89.2 Å². The number of carbonyl (C=O) groups is 1. The highest BCUT2D eigenvalue weighted by Gasteiger charge is 2.20. The number of hydrogen-bond donors (Lipinski definition) is 1. The van der Waals surface area contributed by atoms with Crippen LogP contribution >= 0.6 is 0 Å². The molecule has 0 saturated heterocycles. The Morgan fingerprint density at radius 2 is 1.94 bits per heavy atom. The predicted octanol–water partition coefficient (Wildman–Crippen LogP) is 6.25. The average molecular weight is 431 g/mol. The zero-order chi connectivity index (χ0) is 23.7. The van der Waals surface area contributed by atoms with Crippen LogP contribution in [0.15, 0.2) is 71.4 Å². The first kappa shape index (κ1) is 24.8. The normalized spacial score (nSPS) is 12.2. The summed E-state index contributed by atoms with van der Waals surface area (Å²) < 4.78 is 2.12. The van der Waals surface area contributed by atoms with E-state index in [1.165, 1.54) is 5.57 Å². The highest BCUT2D eigenvalue weighted by Crippen LogP contribution is 2.24. The molecule has 2 aromatic heterocycles. The molecule has 168 valence electrons. The largest absolute Gasteiger partial charge is 0.343 e. The molecule has 3 aromatic rings. The van der Waals surface area contributed by atoms with Crippen LogP contribution in [0.25, 0.3) is 10.9 Å². The van der Waals surface area contributed by atoms with Crippen LogP contribution in [0.4, 0.5) is 0 Å². The third-order valence-corrected chi connectivity index (χ3v) is 5.07. The molecule has 0 atom stereocenters. The van der Waals surface area contributed by atoms with Crippen LogP contribution in [0.5, 0.6) is 0 Å². The van der Waals surface area contributed by atoms with E-state index in [0.717, 1.165) is 27.9 Å². The standard InChI is InChI=1S/C25H28N4O.C2H6/c1-6-17(2)11-12-18(3)15-29-16-21(20-9-7-8-10-23(20)29)24(30)25-27-19(4)22(28-25)13-14-26-5;1-2/h6-12,14,16H,1,13,15H2,2-5H3,(H,27,28);1-2H3/b17-11-,18-12+,26-14?;. The van der Waals surface area contributed by atoms with Crippen molar-refractivity contribution < 1.29 is 4.79 Å². The lowest BCUT2D eigenvalue weighted by atomic mass is 10.1. The number of H-pyrrole nitrogens is 1. The number of fused-ring (bicyclic) bond motifs is 1. The molecule has 0 aliphatic carbocycles. The van der Waals surface area contributed by atoms with Crippen molar-refractivity contribution >= 4 is 22.9 Å². The van der Waals surface area contributed by atoms with E-state index in [0.29, 0.717) is 24.4 Å². The summed E-state index contributed by atoms with van der Waals surface area (Å²) in [5.74, 6) is 0.267. The second-order valence-electron chi connectivity index (χ2n) is 7.45. The summed E-state index contributed by atoms with van der Waals surface area (Å²) in [6, 6.07) is 7.98. The Balaban J connectivity index is 0.00000176. The number of aliphatic imine (C=N–C) groups is 1. The van der Waals surface area contributed by atoms with E-state index < -0.39 is 0 Å². The van der Waals surface area contributed by atoms with Gasteiger partial charge in [0.1, 0.15) is 0 Å². The van der Waals surface area contributed by atoms with Gasteiger partial charge in [-0.3, -0.25) is 4.79 Å². The van der Waals surface area contributed by atoms with E-state index in [9.17, 15) is 4.79 Å². The number of rotatable bonds is 8. The minimum atomic E-state index is -0.100. The van der Waals surface area contributed by atoms with Crippen molar-refractivity contribution in [3.63, 3.8) is 0 Å². The first-order chi connectivity index (χ1) is 15.4. The smallest absolute Gasteiger partial charge is 0.230 e. The van der Waals surface area contributed by atoms with Crippen LogP contribution in [0.2, 0.25) is 0 Å². The topological polar surface area (TPSA) is 63.0 Å². The number of carbonyl (C=O) groups excluding carboxylic acids is 1. The van der Waals surface area contributed by atoms with Crippen LogP contribution in [-0.4, -0.2) is 33.6 Å². The van der Waals surface area contributed by atoms with Crippen molar-refractivity contribution in [2.75, 3.05) is 7.05 Å². The molecular formula is C27H34N4O. The number of aryl methyl sites for hydroxylation is 1. The van der Waals surface area contributed by atoms with Crippen LogP contribution in [0.3, 0.4) is 0 Å². The van der Waals surface area contributed by atoms with Gasteiger partial charge in [0.05, 0.1) is 11.3 Å². The number of para-hydroxylation sites is 1. The quantitative estimate of drug-likeness (QED) is 0.261. The highest BCUT2D eigenvalue weighted by molar-refractivity contribution is 6.14. The molecule has 0 spiro atoms. The van der Waals surface area contributed by atoms with Gasteiger partial charge in [0.2, 0.25) is 5.78 Å². The summed E-state index contributed by atoms with van der Waals surface area (Å²) in [5.41, 5.74) is 5.71. The molecule has 0 radical (unpaired) electrons. The van der Waals surface area contributed by atoms with Gasteiger partial charge in [-0.1, -0.05) is 68.0 Å². The highest BCUT2D eigenvalue weighted by atomic mass is 16.1. The zero-order valence-electron chi connectivity index (χ0n) is 20.1. The van der Waals surface area contributed by atoms with E-state index in [1.54, 1.807) is 13.3 Å². The Hall–Kier alpha value is -3.47. The van der Waals surface area contributed by atoms with Gasteiger partial charge < -0.3 is 14.5 Å². The number of nitrogens with zero attached hydrogens (tertiary/aromatic N) is 3. The van der Waals surface area contributed by atoms with Crippen molar-refractivity contribution in [1.82, 2.24) is 14.5 Å². The first-order valence-corrected chi connectivity index (χ1v) is 11.0.